The summed E-state index contributed by atoms with van der Waals surface area (Å²) in [5.74, 6) is 0.822. The molecule has 4 aromatic heterocycles. The number of nitrogens with one attached hydrogen (secondary N) is 1. The molecule has 59 heavy (non-hydrogen) atoms. The Labute approximate surface area is 348 Å². The van der Waals surface area contributed by atoms with Crippen molar-refractivity contribution in [2.45, 2.75) is 53.4 Å². The molecule has 4 aromatic carbocycles. The maximum absolute atomic E-state index is 12.1. The van der Waals surface area contributed by atoms with Gasteiger partial charge in [-0.25, -0.2) is 9.97 Å². The Hall–Kier alpha value is -6.49. The van der Waals surface area contributed by atoms with Crippen LogP contribution in [0.25, 0.3) is 43.6 Å². The van der Waals surface area contributed by atoms with Gasteiger partial charge in [0.25, 0.3) is 11.1 Å². The van der Waals surface area contributed by atoms with Crippen LogP contribution >= 0.6 is 11.6 Å². The number of halogens is 1. The molecule has 8 aromatic rings. The van der Waals surface area contributed by atoms with E-state index in [9.17, 15) is 9.59 Å². The fraction of sp³-hybridized carbons (Fsp3) is 0.208. The number of pyridine rings is 4. The maximum Gasteiger partial charge on any atom is 0.252 e. The normalized spacial score (nSPS) is 11.2. The van der Waals surface area contributed by atoms with Gasteiger partial charge in [0.1, 0.15) is 11.0 Å². The van der Waals surface area contributed by atoms with Crippen LogP contribution in [-0.2, 0) is 25.7 Å². The molecule has 0 saturated heterocycles. The van der Waals surface area contributed by atoms with Crippen LogP contribution in [0, 0.1) is 27.7 Å². The number of nitrogen functional groups attached to an aromatic ring is 2. The van der Waals surface area contributed by atoms with Crippen LogP contribution in [-0.4, -0.2) is 44.2 Å². The van der Waals surface area contributed by atoms with Crippen LogP contribution in [0.1, 0.15) is 65.2 Å². The molecule has 0 atom stereocenters. The molecule has 8 rings (SSSR count). The molecule has 7 N–H and O–H groups in total. The Kier molecular flexibility index (Phi) is 12.1. The quantitative estimate of drug-likeness (QED) is 0.0779. The number of nitrogens with zero attached hydrogens (tertiary/aromatic N) is 4. The van der Waals surface area contributed by atoms with Crippen molar-refractivity contribution in [3.05, 3.63) is 153 Å². The van der Waals surface area contributed by atoms with E-state index in [0.717, 1.165) is 103 Å². The Balaban J connectivity index is 0.000000180. The summed E-state index contributed by atoms with van der Waals surface area (Å²) in [7, 11) is 0. The van der Waals surface area contributed by atoms with Crippen LogP contribution in [0.2, 0.25) is 0 Å². The van der Waals surface area contributed by atoms with Gasteiger partial charge in [-0.3, -0.25) is 19.6 Å². The van der Waals surface area contributed by atoms with Crippen molar-refractivity contribution in [2.24, 2.45) is 5.73 Å². The summed E-state index contributed by atoms with van der Waals surface area (Å²) in [6, 6.07) is 28.2. The zero-order valence-corrected chi connectivity index (χ0v) is 34.5. The standard InChI is InChI=1S/C25H27N5O.C23H20ClN3O/c1-15-3-8-20-21-13-17(14-29-23(21)24(27)30-22(20)11-15)4-5-18-6-7-19(12-16(18)2)25(31)28-10-9-26;1-13-3-8-18-19-11-15(12-26-21(19)23(25)27-20(18)9-13)4-5-16-6-7-17(22(24)28)10-14(16)2/h3,6-8,11-14H,4-5,9-10,26H2,1-2H3,(H2,27,30)(H,28,31);3,6-12H,4-5H2,1-2H3,(H2,25,27). The first-order chi connectivity index (χ1) is 28.4. The summed E-state index contributed by atoms with van der Waals surface area (Å²) in [5, 5.41) is 6.56. The highest BCUT2D eigenvalue weighted by molar-refractivity contribution is 6.67. The highest BCUT2D eigenvalue weighted by atomic mass is 35.5. The van der Waals surface area contributed by atoms with Gasteiger partial charge in [-0.15, -0.1) is 0 Å². The third-order valence-corrected chi connectivity index (χ3v) is 10.9. The average molecular weight is 803 g/mol. The van der Waals surface area contributed by atoms with E-state index in [-0.39, 0.29) is 5.91 Å². The first-order valence-corrected chi connectivity index (χ1v) is 20.0. The molecule has 10 nitrogen and oxygen atoms in total. The highest BCUT2D eigenvalue weighted by Gasteiger charge is 2.13. The minimum absolute atomic E-state index is 0.0906. The SMILES string of the molecule is Cc1ccc2c(c1)nc(N)c1ncc(CCc3ccc(C(=O)Cl)cc3C)cc12.Cc1ccc2c(c1)nc(N)c1ncc(CCc3ccc(C(=O)NCCN)cc3C)cc12. The van der Waals surface area contributed by atoms with E-state index in [2.05, 4.69) is 61.7 Å². The number of carbonyl (C=O) groups excluding carboxylic acids is 2. The van der Waals surface area contributed by atoms with Gasteiger partial charge in [-0.05, 0) is 158 Å². The van der Waals surface area contributed by atoms with Crippen molar-refractivity contribution in [1.29, 1.82) is 0 Å². The molecule has 0 saturated carbocycles. The zero-order chi connectivity index (χ0) is 41.8. The summed E-state index contributed by atoms with van der Waals surface area (Å²) < 4.78 is 0. The molecule has 0 bridgehead atoms. The van der Waals surface area contributed by atoms with E-state index >= 15 is 0 Å². The van der Waals surface area contributed by atoms with E-state index in [0.29, 0.717) is 35.9 Å². The van der Waals surface area contributed by atoms with Crippen molar-refractivity contribution in [3.63, 3.8) is 0 Å². The highest BCUT2D eigenvalue weighted by Crippen LogP contribution is 2.30. The molecule has 1 amide bonds. The Morgan fingerprint density at radius 3 is 1.53 bits per heavy atom. The van der Waals surface area contributed by atoms with Gasteiger partial charge in [0.05, 0.1) is 11.0 Å². The van der Waals surface area contributed by atoms with Crippen molar-refractivity contribution < 1.29 is 9.59 Å². The van der Waals surface area contributed by atoms with Crippen LogP contribution in [0.15, 0.2) is 97.3 Å². The average Bonchev–Trinajstić information content (AvgIpc) is 3.21. The molecule has 0 spiro atoms. The summed E-state index contributed by atoms with van der Waals surface area (Å²) in [6.45, 7) is 9.03. The fourth-order valence-electron chi connectivity index (χ4n) is 7.46. The number of carbonyl (C=O) groups is 2. The first kappa shape index (κ1) is 40.7. The van der Waals surface area contributed by atoms with Gasteiger partial charge in [-0.1, -0.05) is 36.4 Å². The summed E-state index contributed by atoms with van der Waals surface area (Å²) in [6.07, 6.45) is 7.15. The molecular formula is C48H47ClN8O2. The molecule has 0 aliphatic carbocycles. The second-order valence-corrected chi connectivity index (χ2v) is 15.5. The first-order valence-electron chi connectivity index (χ1n) is 19.6. The summed E-state index contributed by atoms with van der Waals surface area (Å²) in [5.41, 5.74) is 31.3. The molecule has 0 fully saturated rings. The second-order valence-electron chi connectivity index (χ2n) is 15.1. The molecule has 0 aliphatic rings. The monoisotopic (exact) mass is 802 g/mol. The van der Waals surface area contributed by atoms with E-state index in [1.165, 1.54) is 11.1 Å². The van der Waals surface area contributed by atoms with Gasteiger partial charge >= 0.3 is 0 Å². The molecule has 11 heteroatoms. The molecule has 0 radical (unpaired) electrons. The van der Waals surface area contributed by atoms with Crippen molar-refractivity contribution in [2.75, 3.05) is 24.6 Å². The van der Waals surface area contributed by atoms with Crippen LogP contribution in [0.4, 0.5) is 11.6 Å². The number of rotatable bonds is 10. The third kappa shape index (κ3) is 9.14. The summed E-state index contributed by atoms with van der Waals surface area (Å²) >= 11 is 5.56. The lowest BCUT2D eigenvalue weighted by Crippen LogP contribution is -2.29. The third-order valence-electron chi connectivity index (χ3n) is 10.7. The van der Waals surface area contributed by atoms with Gasteiger partial charge in [-0.2, -0.15) is 0 Å². The topological polar surface area (TPSA) is 176 Å². The van der Waals surface area contributed by atoms with Gasteiger partial charge in [0.2, 0.25) is 0 Å². The lowest BCUT2D eigenvalue weighted by atomic mass is 9.98. The van der Waals surface area contributed by atoms with Crippen molar-refractivity contribution in [3.8, 4) is 0 Å². The van der Waals surface area contributed by atoms with E-state index in [1.54, 1.807) is 6.07 Å². The number of hydrogen-bond acceptors (Lipinski definition) is 9. The fourth-order valence-corrected chi connectivity index (χ4v) is 7.58. The van der Waals surface area contributed by atoms with Crippen LogP contribution < -0.4 is 22.5 Å². The van der Waals surface area contributed by atoms with Crippen molar-refractivity contribution in [1.82, 2.24) is 25.3 Å². The Bertz CT molecular complexity index is 2910. The lowest BCUT2D eigenvalue weighted by molar-refractivity contribution is 0.0954. The molecular weight excluding hydrogens is 756 g/mol. The van der Waals surface area contributed by atoms with E-state index in [4.69, 9.17) is 28.8 Å². The molecule has 298 valence electrons. The number of amides is 1. The molecule has 4 heterocycles. The number of aromatic nitrogens is 4. The minimum Gasteiger partial charge on any atom is -0.382 e. The van der Waals surface area contributed by atoms with Crippen LogP contribution in [0.3, 0.4) is 0 Å². The van der Waals surface area contributed by atoms with E-state index < -0.39 is 5.24 Å². The minimum atomic E-state index is -0.429. The number of nitrogens with two attached hydrogens (primary N) is 3. The van der Waals surface area contributed by atoms with Gasteiger partial charge in [0, 0.05) is 58.2 Å². The van der Waals surface area contributed by atoms with Gasteiger partial charge < -0.3 is 22.5 Å². The van der Waals surface area contributed by atoms with Crippen LogP contribution in [0.5, 0.6) is 0 Å². The summed E-state index contributed by atoms with van der Waals surface area (Å²) in [4.78, 5) is 41.6. The predicted octanol–water partition coefficient (Wildman–Crippen LogP) is 8.60. The zero-order valence-electron chi connectivity index (χ0n) is 33.7. The Morgan fingerprint density at radius 1 is 0.593 bits per heavy atom. The number of aryl methyl sites for hydroxylation is 8. The van der Waals surface area contributed by atoms with Gasteiger partial charge in [0.15, 0.2) is 11.6 Å². The molecule has 0 unspecified atom stereocenters. The van der Waals surface area contributed by atoms with E-state index in [1.807, 2.05) is 82.6 Å². The largest absolute Gasteiger partial charge is 0.382 e. The lowest BCUT2D eigenvalue weighted by Gasteiger charge is -2.11. The number of benzene rings is 4. The smallest absolute Gasteiger partial charge is 0.252 e. The van der Waals surface area contributed by atoms with Crippen molar-refractivity contribution >= 4 is 78.0 Å². The maximum atomic E-state index is 12.1. The number of fused-ring (bicyclic) bond motifs is 6. The molecule has 0 aliphatic heterocycles. The number of anilines is 2. The Morgan fingerprint density at radius 2 is 1.07 bits per heavy atom. The predicted molar refractivity (Wildman–Crippen MR) is 241 cm³/mol. The number of hydrogen-bond donors (Lipinski definition) is 4. The second kappa shape index (κ2) is 17.6.